The van der Waals surface area contributed by atoms with Gasteiger partial charge in [-0.25, -0.2) is 0 Å². The van der Waals surface area contributed by atoms with Crippen LogP contribution < -0.4 is 5.73 Å². The Morgan fingerprint density at radius 1 is 1.56 bits per heavy atom. The maximum absolute atomic E-state index is 12.3. The average Bonchev–Trinajstić information content (AvgIpc) is 2.33. The number of hydrogen-bond acceptors (Lipinski definition) is 3. The Kier molecular flexibility index (Phi) is 5.44. The van der Waals surface area contributed by atoms with Gasteiger partial charge in [0.05, 0.1) is 23.4 Å². The molecule has 0 aliphatic rings. The largest absolute Gasteiger partial charge is 0.398 e. The third-order valence-electron chi connectivity index (χ3n) is 2.79. The molecule has 1 rings (SSSR count). The van der Waals surface area contributed by atoms with E-state index in [0.717, 1.165) is 0 Å². The molecule has 0 aromatic heterocycles. The van der Waals surface area contributed by atoms with Gasteiger partial charge in [-0.15, -0.1) is 0 Å². The Balaban J connectivity index is 2.92. The fourth-order valence-electron chi connectivity index (χ4n) is 1.81. The summed E-state index contributed by atoms with van der Waals surface area (Å²) in [4.78, 5) is 14.1. The van der Waals surface area contributed by atoms with Crippen molar-refractivity contribution in [3.63, 3.8) is 0 Å². The van der Waals surface area contributed by atoms with Gasteiger partial charge in [0.2, 0.25) is 0 Å². The molecule has 0 spiro atoms. The lowest BCUT2D eigenvalue weighted by Gasteiger charge is -2.27. The third kappa shape index (κ3) is 3.37. The summed E-state index contributed by atoms with van der Waals surface area (Å²) in [6.07, 6.45) is 0. The van der Waals surface area contributed by atoms with Gasteiger partial charge in [-0.1, -0.05) is 11.6 Å². The molecule has 1 unspecified atom stereocenters. The Labute approximate surface area is 113 Å². The molecule has 5 heteroatoms. The maximum Gasteiger partial charge on any atom is 0.254 e. The van der Waals surface area contributed by atoms with Crippen LogP contribution >= 0.6 is 11.6 Å². The fourth-order valence-corrected chi connectivity index (χ4v) is 1.99. The van der Waals surface area contributed by atoms with E-state index in [-0.39, 0.29) is 11.9 Å². The molecule has 0 saturated heterocycles. The average molecular weight is 271 g/mol. The highest BCUT2D eigenvalue weighted by Gasteiger charge is 2.20. The number of amides is 1. The first-order chi connectivity index (χ1) is 8.51. The summed E-state index contributed by atoms with van der Waals surface area (Å²) in [6, 6.07) is 4.95. The zero-order valence-corrected chi connectivity index (χ0v) is 11.7. The van der Waals surface area contributed by atoms with Crippen molar-refractivity contribution in [3.05, 3.63) is 28.8 Å². The summed E-state index contributed by atoms with van der Waals surface area (Å²) in [6.45, 7) is 5.00. The number of carbonyl (C=O) groups excluding carboxylic acids is 1. The Morgan fingerprint density at radius 3 is 2.72 bits per heavy atom. The molecular weight excluding hydrogens is 252 g/mol. The highest BCUT2D eigenvalue weighted by Crippen LogP contribution is 2.21. The normalized spacial score (nSPS) is 12.2. The molecule has 18 heavy (non-hydrogen) atoms. The molecule has 0 aliphatic carbocycles. The third-order valence-corrected chi connectivity index (χ3v) is 3.12. The summed E-state index contributed by atoms with van der Waals surface area (Å²) in [5, 5.41) is 0.399. The SMILES string of the molecule is CCN(C(=O)c1ccc(N)c(Cl)c1)C(C)COC. The van der Waals surface area contributed by atoms with E-state index in [2.05, 4.69) is 0 Å². The van der Waals surface area contributed by atoms with Gasteiger partial charge in [-0.05, 0) is 32.0 Å². The standard InChI is InChI=1S/C13H19ClN2O2/c1-4-16(9(2)8-18-3)13(17)10-5-6-12(15)11(14)7-10/h5-7,9H,4,8,15H2,1-3H3. The molecule has 2 N–H and O–H groups in total. The van der Waals surface area contributed by atoms with Crippen molar-refractivity contribution in [3.8, 4) is 0 Å². The van der Waals surface area contributed by atoms with Gasteiger partial charge in [0.1, 0.15) is 0 Å². The number of rotatable bonds is 5. The van der Waals surface area contributed by atoms with Crippen LogP contribution in [0.1, 0.15) is 24.2 Å². The predicted octanol–water partition coefficient (Wildman–Crippen LogP) is 2.42. The van der Waals surface area contributed by atoms with E-state index in [9.17, 15) is 4.79 Å². The lowest BCUT2D eigenvalue weighted by molar-refractivity contribution is 0.0579. The van der Waals surface area contributed by atoms with Crippen LogP contribution in [-0.2, 0) is 4.74 Å². The van der Waals surface area contributed by atoms with Gasteiger partial charge in [0, 0.05) is 19.2 Å². The van der Waals surface area contributed by atoms with Gasteiger partial charge in [0.15, 0.2) is 0 Å². The fraction of sp³-hybridized carbons (Fsp3) is 0.462. The Bertz CT molecular complexity index is 423. The minimum Gasteiger partial charge on any atom is -0.398 e. The van der Waals surface area contributed by atoms with Crippen LogP contribution in [0.15, 0.2) is 18.2 Å². The summed E-state index contributed by atoms with van der Waals surface area (Å²) >= 11 is 5.93. The second-order valence-electron chi connectivity index (χ2n) is 4.13. The monoisotopic (exact) mass is 270 g/mol. The zero-order valence-electron chi connectivity index (χ0n) is 10.9. The van der Waals surface area contributed by atoms with E-state index < -0.39 is 0 Å². The highest BCUT2D eigenvalue weighted by molar-refractivity contribution is 6.33. The minimum absolute atomic E-state index is 0.0174. The molecule has 100 valence electrons. The number of nitrogens with two attached hydrogens (primary N) is 1. The highest BCUT2D eigenvalue weighted by atomic mass is 35.5. The molecule has 4 nitrogen and oxygen atoms in total. The molecule has 0 saturated carbocycles. The Morgan fingerprint density at radius 2 is 2.22 bits per heavy atom. The van der Waals surface area contributed by atoms with Crippen molar-refractivity contribution in [1.82, 2.24) is 4.90 Å². The first kappa shape index (κ1) is 14.8. The molecule has 1 atom stereocenters. The van der Waals surface area contributed by atoms with E-state index in [1.165, 1.54) is 0 Å². The van der Waals surface area contributed by atoms with Crippen molar-refractivity contribution in [1.29, 1.82) is 0 Å². The van der Waals surface area contributed by atoms with Crippen LogP contribution in [0.5, 0.6) is 0 Å². The zero-order chi connectivity index (χ0) is 13.7. The summed E-state index contributed by atoms with van der Waals surface area (Å²) in [7, 11) is 1.62. The van der Waals surface area contributed by atoms with E-state index in [1.54, 1.807) is 30.2 Å². The van der Waals surface area contributed by atoms with Gasteiger partial charge in [-0.2, -0.15) is 0 Å². The number of likely N-dealkylation sites (N-methyl/N-ethyl adjacent to an activating group) is 1. The lowest BCUT2D eigenvalue weighted by Crippen LogP contribution is -2.40. The van der Waals surface area contributed by atoms with E-state index in [1.807, 2.05) is 13.8 Å². The first-order valence-electron chi connectivity index (χ1n) is 5.86. The minimum atomic E-state index is -0.0658. The van der Waals surface area contributed by atoms with Gasteiger partial charge in [0.25, 0.3) is 5.91 Å². The first-order valence-corrected chi connectivity index (χ1v) is 6.24. The van der Waals surface area contributed by atoms with Crippen molar-refractivity contribution < 1.29 is 9.53 Å². The molecule has 0 bridgehead atoms. The Hall–Kier alpha value is -1.26. The van der Waals surface area contributed by atoms with Crippen LogP contribution in [-0.4, -0.2) is 37.1 Å². The van der Waals surface area contributed by atoms with Crippen LogP contribution in [0.2, 0.25) is 5.02 Å². The van der Waals surface area contributed by atoms with Crippen LogP contribution in [0.25, 0.3) is 0 Å². The molecule has 1 amide bonds. The predicted molar refractivity (Wildman–Crippen MR) is 73.9 cm³/mol. The number of ether oxygens (including phenoxy) is 1. The number of anilines is 1. The van der Waals surface area contributed by atoms with Crippen LogP contribution in [0, 0.1) is 0 Å². The molecule has 0 fully saturated rings. The summed E-state index contributed by atoms with van der Waals surface area (Å²) in [5.41, 5.74) is 6.64. The van der Waals surface area contributed by atoms with Gasteiger partial charge >= 0.3 is 0 Å². The maximum atomic E-state index is 12.3. The molecule has 1 aromatic rings. The van der Waals surface area contributed by atoms with Crippen molar-refractivity contribution in [2.75, 3.05) is 26.0 Å². The second kappa shape index (κ2) is 6.61. The number of methoxy groups -OCH3 is 1. The van der Waals surface area contributed by atoms with Crippen molar-refractivity contribution in [2.24, 2.45) is 0 Å². The number of carbonyl (C=O) groups is 1. The van der Waals surface area contributed by atoms with E-state index in [4.69, 9.17) is 22.1 Å². The summed E-state index contributed by atoms with van der Waals surface area (Å²) < 4.78 is 5.08. The lowest BCUT2D eigenvalue weighted by atomic mass is 10.1. The summed E-state index contributed by atoms with van der Waals surface area (Å²) in [5.74, 6) is -0.0658. The quantitative estimate of drug-likeness (QED) is 0.836. The van der Waals surface area contributed by atoms with Crippen molar-refractivity contribution in [2.45, 2.75) is 19.9 Å². The number of nitrogens with zero attached hydrogens (tertiary/aromatic N) is 1. The molecule has 0 heterocycles. The second-order valence-corrected chi connectivity index (χ2v) is 4.54. The number of benzene rings is 1. The molecule has 1 aromatic carbocycles. The van der Waals surface area contributed by atoms with Crippen molar-refractivity contribution >= 4 is 23.2 Å². The molecular formula is C13H19ClN2O2. The molecule has 0 radical (unpaired) electrons. The van der Waals surface area contributed by atoms with E-state index >= 15 is 0 Å². The van der Waals surface area contributed by atoms with Crippen LogP contribution in [0.4, 0.5) is 5.69 Å². The molecule has 0 aliphatic heterocycles. The number of nitrogen functional groups attached to an aromatic ring is 1. The number of halogens is 1. The van der Waals surface area contributed by atoms with Gasteiger partial charge < -0.3 is 15.4 Å². The topological polar surface area (TPSA) is 55.6 Å². The van der Waals surface area contributed by atoms with Crippen LogP contribution in [0.3, 0.4) is 0 Å². The van der Waals surface area contributed by atoms with E-state index in [0.29, 0.717) is 29.4 Å². The smallest absolute Gasteiger partial charge is 0.254 e. The van der Waals surface area contributed by atoms with Gasteiger partial charge in [-0.3, -0.25) is 4.79 Å². The number of hydrogen-bond donors (Lipinski definition) is 1.